The number of hydrogen-bond acceptors (Lipinski definition) is 3. The first-order chi connectivity index (χ1) is 8.29. The van der Waals surface area contributed by atoms with E-state index in [9.17, 15) is 27.9 Å². The van der Waals surface area contributed by atoms with Crippen molar-refractivity contribution in [3.05, 3.63) is 0 Å². The summed E-state index contributed by atoms with van der Waals surface area (Å²) in [6, 6.07) is -1.67. The number of β-amino-alcohol motifs (C(OH)–C–C–N with tert-alkyl or cyclic N) is 1. The fraction of sp³-hybridized carbons (Fsp3) is 0.818. The van der Waals surface area contributed by atoms with Crippen molar-refractivity contribution in [1.82, 2.24) is 4.90 Å². The second-order valence-electron chi connectivity index (χ2n) is 5.77. The molecule has 2 atom stereocenters. The minimum absolute atomic E-state index is 0.593. The molecule has 0 aliphatic carbocycles. The topological polar surface area (TPSA) is 77.8 Å². The van der Waals surface area contributed by atoms with Gasteiger partial charge in [0.25, 0.3) is 0 Å². The number of carbonyl (C=O) groups is 2. The molecule has 19 heavy (non-hydrogen) atoms. The van der Waals surface area contributed by atoms with Crippen LogP contribution in [0.3, 0.4) is 0 Å². The van der Waals surface area contributed by atoms with E-state index in [0.717, 1.165) is 0 Å². The summed E-state index contributed by atoms with van der Waals surface area (Å²) in [5, 5.41) is 18.5. The number of likely N-dealkylation sites (tertiary alicyclic amines) is 1. The molecule has 0 bridgehead atoms. The molecular weight excluding hydrogens is 267 g/mol. The first-order valence-electron chi connectivity index (χ1n) is 5.62. The maximum atomic E-state index is 12.7. The number of carbonyl (C=O) groups excluding carboxylic acids is 1. The monoisotopic (exact) mass is 283 g/mol. The average molecular weight is 283 g/mol. The van der Waals surface area contributed by atoms with Crippen LogP contribution in [0.4, 0.5) is 13.2 Å². The molecule has 1 amide bonds. The van der Waals surface area contributed by atoms with Crippen LogP contribution in [-0.4, -0.2) is 51.4 Å². The molecule has 0 saturated carbocycles. The zero-order valence-corrected chi connectivity index (χ0v) is 10.8. The highest BCUT2D eigenvalue weighted by Gasteiger charge is 2.62. The van der Waals surface area contributed by atoms with Crippen molar-refractivity contribution >= 4 is 11.9 Å². The summed E-state index contributed by atoms with van der Waals surface area (Å²) in [7, 11) is 0. The minimum Gasteiger partial charge on any atom is -0.480 e. The molecule has 1 aliphatic heterocycles. The van der Waals surface area contributed by atoms with E-state index < -0.39 is 48.1 Å². The molecule has 2 N–H and O–H groups in total. The molecule has 1 aliphatic rings. The van der Waals surface area contributed by atoms with Gasteiger partial charge in [0.1, 0.15) is 6.04 Å². The number of alkyl halides is 3. The summed E-state index contributed by atoms with van der Waals surface area (Å²) < 4.78 is 38.2. The van der Waals surface area contributed by atoms with Gasteiger partial charge in [0.05, 0.1) is 6.54 Å². The molecule has 0 aromatic heterocycles. The van der Waals surface area contributed by atoms with Crippen LogP contribution >= 0.6 is 0 Å². The SMILES string of the molecule is CC(C)(C)C(=O)N1CC(O)(C(F)(F)F)C[C@H]1C(=O)O. The van der Waals surface area contributed by atoms with Crippen molar-refractivity contribution in [3.63, 3.8) is 0 Å². The first-order valence-corrected chi connectivity index (χ1v) is 5.62. The lowest BCUT2D eigenvalue weighted by molar-refractivity contribution is -0.254. The number of nitrogens with zero attached hydrogens (tertiary/aromatic N) is 1. The van der Waals surface area contributed by atoms with Crippen LogP contribution < -0.4 is 0 Å². The van der Waals surface area contributed by atoms with E-state index in [4.69, 9.17) is 5.11 Å². The van der Waals surface area contributed by atoms with Crippen LogP contribution in [0.5, 0.6) is 0 Å². The van der Waals surface area contributed by atoms with Gasteiger partial charge in [-0.1, -0.05) is 20.8 Å². The molecule has 1 saturated heterocycles. The number of hydrogen-bond donors (Lipinski definition) is 2. The predicted molar refractivity (Wildman–Crippen MR) is 58.2 cm³/mol. The number of aliphatic carboxylic acids is 1. The molecule has 110 valence electrons. The highest BCUT2D eigenvalue weighted by molar-refractivity contribution is 5.87. The van der Waals surface area contributed by atoms with Gasteiger partial charge in [-0.3, -0.25) is 4.79 Å². The van der Waals surface area contributed by atoms with Gasteiger partial charge in [-0.05, 0) is 0 Å². The number of carboxylic acids is 1. The predicted octanol–water partition coefficient (Wildman–Crippen LogP) is 1.01. The van der Waals surface area contributed by atoms with E-state index in [1.54, 1.807) is 0 Å². The Labute approximate surface area is 108 Å². The molecule has 0 spiro atoms. The van der Waals surface area contributed by atoms with Gasteiger partial charge < -0.3 is 15.1 Å². The second kappa shape index (κ2) is 4.36. The molecule has 8 heteroatoms. The number of carboxylic acid groups (broad SMARTS) is 1. The Morgan fingerprint density at radius 2 is 1.74 bits per heavy atom. The van der Waals surface area contributed by atoms with Crippen molar-refractivity contribution in [3.8, 4) is 0 Å². The van der Waals surface area contributed by atoms with Gasteiger partial charge in [-0.15, -0.1) is 0 Å². The summed E-state index contributed by atoms with van der Waals surface area (Å²) in [4.78, 5) is 23.6. The summed E-state index contributed by atoms with van der Waals surface area (Å²) in [6.45, 7) is 3.36. The van der Waals surface area contributed by atoms with Crippen LogP contribution in [-0.2, 0) is 9.59 Å². The van der Waals surface area contributed by atoms with Crippen LogP contribution in [0.1, 0.15) is 27.2 Å². The quantitative estimate of drug-likeness (QED) is 0.753. The maximum Gasteiger partial charge on any atom is 0.419 e. The zero-order valence-electron chi connectivity index (χ0n) is 10.8. The van der Waals surface area contributed by atoms with Crippen LogP contribution in [0, 0.1) is 5.41 Å². The summed E-state index contributed by atoms with van der Waals surface area (Å²) in [5.74, 6) is -2.29. The zero-order chi connectivity index (χ0) is 15.2. The van der Waals surface area contributed by atoms with Gasteiger partial charge in [-0.25, -0.2) is 4.79 Å². The van der Waals surface area contributed by atoms with Crippen LogP contribution in [0.15, 0.2) is 0 Å². The highest BCUT2D eigenvalue weighted by Crippen LogP contribution is 2.41. The maximum absolute atomic E-state index is 12.7. The summed E-state index contributed by atoms with van der Waals surface area (Å²) in [6.07, 6.45) is -6.03. The smallest absolute Gasteiger partial charge is 0.419 e. The van der Waals surface area contributed by atoms with E-state index in [1.807, 2.05) is 0 Å². The molecule has 1 fully saturated rings. The number of aliphatic hydroxyl groups is 1. The van der Waals surface area contributed by atoms with Gasteiger partial charge in [0.2, 0.25) is 5.91 Å². The Balaban J connectivity index is 3.12. The van der Waals surface area contributed by atoms with Crippen molar-refractivity contribution in [2.45, 2.75) is 45.0 Å². The summed E-state index contributed by atoms with van der Waals surface area (Å²) >= 11 is 0. The molecule has 0 aromatic rings. The normalized spacial score (nSPS) is 28.6. The Hall–Kier alpha value is -1.31. The van der Waals surface area contributed by atoms with Crippen molar-refractivity contribution in [2.24, 2.45) is 5.41 Å². The van der Waals surface area contributed by atoms with E-state index in [1.165, 1.54) is 20.8 Å². The molecular formula is C11H16F3NO4. The van der Waals surface area contributed by atoms with Gasteiger partial charge in [-0.2, -0.15) is 13.2 Å². The number of halogens is 3. The number of amides is 1. The minimum atomic E-state index is -4.98. The van der Waals surface area contributed by atoms with E-state index in [-0.39, 0.29) is 0 Å². The fourth-order valence-electron chi connectivity index (χ4n) is 1.96. The van der Waals surface area contributed by atoms with Gasteiger partial charge in [0, 0.05) is 11.8 Å². The largest absolute Gasteiger partial charge is 0.480 e. The average Bonchev–Trinajstić information content (AvgIpc) is 2.54. The van der Waals surface area contributed by atoms with Crippen molar-refractivity contribution < 1.29 is 33.0 Å². The van der Waals surface area contributed by atoms with E-state index >= 15 is 0 Å². The first kappa shape index (κ1) is 15.7. The highest BCUT2D eigenvalue weighted by atomic mass is 19.4. The summed E-state index contributed by atoms with van der Waals surface area (Å²) in [5.41, 5.74) is -4.19. The van der Waals surface area contributed by atoms with E-state index in [0.29, 0.717) is 4.90 Å². The standard InChI is InChI=1S/C11H16F3NO4/c1-9(2,3)8(18)15-5-10(19,11(12,13)14)4-6(15)7(16)17/h6,19H,4-5H2,1-3H3,(H,16,17)/t6-,10?/m0/s1. The van der Waals surface area contributed by atoms with Gasteiger partial charge in [0.15, 0.2) is 5.60 Å². The third-order valence-corrected chi connectivity index (χ3v) is 3.05. The Bertz CT molecular complexity index is 402. The van der Waals surface area contributed by atoms with Crippen LogP contribution in [0.2, 0.25) is 0 Å². The second-order valence-corrected chi connectivity index (χ2v) is 5.77. The molecule has 1 heterocycles. The van der Waals surface area contributed by atoms with Gasteiger partial charge >= 0.3 is 12.1 Å². The Morgan fingerprint density at radius 1 is 1.26 bits per heavy atom. The van der Waals surface area contributed by atoms with Crippen molar-refractivity contribution in [2.75, 3.05) is 6.54 Å². The molecule has 0 aromatic carbocycles. The molecule has 5 nitrogen and oxygen atoms in total. The number of rotatable bonds is 1. The Kier molecular flexibility index (Phi) is 3.62. The third kappa shape index (κ3) is 2.83. The Morgan fingerprint density at radius 3 is 2.05 bits per heavy atom. The lowest BCUT2D eigenvalue weighted by Crippen LogP contribution is -2.49. The van der Waals surface area contributed by atoms with Crippen molar-refractivity contribution in [1.29, 1.82) is 0 Å². The molecule has 1 unspecified atom stereocenters. The van der Waals surface area contributed by atoms with E-state index in [2.05, 4.69) is 0 Å². The lowest BCUT2D eigenvalue weighted by atomic mass is 9.94. The lowest BCUT2D eigenvalue weighted by Gasteiger charge is -2.30. The fourth-order valence-corrected chi connectivity index (χ4v) is 1.96. The van der Waals surface area contributed by atoms with Crippen LogP contribution in [0.25, 0.3) is 0 Å². The third-order valence-electron chi connectivity index (χ3n) is 3.05. The molecule has 0 radical (unpaired) electrons. The molecule has 1 rings (SSSR count).